The van der Waals surface area contributed by atoms with E-state index in [1.807, 2.05) is 0 Å². The van der Waals surface area contributed by atoms with E-state index in [2.05, 4.69) is 13.2 Å². The van der Waals surface area contributed by atoms with Crippen molar-refractivity contribution in [3.8, 4) is 0 Å². The molecule has 4 nitrogen and oxygen atoms in total. The van der Waals surface area contributed by atoms with Gasteiger partial charge in [0.05, 0.1) is 0 Å². The summed E-state index contributed by atoms with van der Waals surface area (Å²) in [7, 11) is 0. The average molecular weight is 222 g/mol. The van der Waals surface area contributed by atoms with Gasteiger partial charge in [-0.15, -0.1) is 0 Å². The Labute approximate surface area is 95.4 Å². The third-order valence-corrected chi connectivity index (χ3v) is 3.44. The molecule has 0 aromatic rings. The first kappa shape index (κ1) is 12.8. The summed E-state index contributed by atoms with van der Waals surface area (Å²) in [5, 5.41) is 0. The molecular formula is C12H18N2O2. The van der Waals surface area contributed by atoms with Crippen molar-refractivity contribution in [2.75, 3.05) is 0 Å². The first-order valence-electron chi connectivity index (χ1n) is 5.34. The number of hydrogen-bond acceptors (Lipinski definition) is 4. The fraction of sp³-hybridized carbons (Fsp3) is 0.500. The largest absolute Gasteiger partial charge is 0.317 e. The molecule has 4 N–H and O–H groups in total. The quantitative estimate of drug-likeness (QED) is 0.677. The van der Waals surface area contributed by atoms with Crippen molar-refractivity contribution in [2.24, 2.45) is 11.5 Å². The number of hydrogen-bond donors (Lipinski definition) is 2. The third kappa shape index (κ3) is 1.64. The molecule has 0 saturated heterocycles. The minimum Gasteiger partial charge on any atom is -0.317 e. The highest BCUT2D eigenvalue weighted by Gasteiger charge is 2.55. The van der Waals surface area contributed by atoms with Crippen LogP contribution >= 0.6 is 0 Å². The van der Waals surface area contributed by atoms with Crippen molar-refractivity contribution in [3.05, 3.63) is 25.3 Å². The van der Waals surface area contributed by atoms with Gasteiger partial charge in [0, 0.05) is 0 Å². The van der Waals surface area contributed by atoms with Gasteiger partial charge >= 0.3 is 0 Å². The highest BCUT2D eigenvalue weighted by atomic mass is 16.1. The molecule has 0 heterocycles. The van der Waals surface area contributed by atoms with Gasteiger partial charge in [0.2, 0.25) is 0 Å². The van der Waals surface area contributed by atoms with Crippen molar-refractivity contribution in [3.63, 3.8) is 0 Å². The molecule has 0 radical (unpaired) electrons. The molecule has 16 heavy (non-hydrogen) atoms. The Morgan fingerprint density at radius 1 is 0.938 bits per heavy atom. The van der Waals surface area contributed by atoms with Crippen molar-refractivity contribution in [1.82, 2.24) is 0 Å². The summed E-state index contributed by atoms with van der Waals surface area (Å²) in [6.07, 6.45) is 4.69. The van der Waals surface area contributed by atoms with Gasteiger partial charge in [-0.05, 0) is 25.0 Å². The fourth-order valence-corrected chi connectivity index (χ4v) is 2.30. The maximum Gasteiger partial charge on any atom is 0.177 e. The average Bonchev–Trinajstić information content (AvgIpc) is 2.30. The van der Waals surface area contributed by atoms with E-state index >= 15 is 0 Å². The standard InChI is InChI=1S/C12H18N2O2/c1-3-9(15)11(13)7-5-6-8-12(11,14)10(16)4-2/h3-4H,1-2,5-8,13-14H2/t11-,12-/m0/s1. The van der Waals surface area contributed by atoms with Crippen molar-refractivity contribution in [1.29, 1.82) is 0 Å². The number of rotatable bonds is 4. The van der Waals surface area contributed by atoms with E-state index in [1.165, 1.54) is 0 Å². The second-order valence-electron chi connectivity index (χ2n) is 4.29. The van der Waals surface area contributed by atoms with E-state index in [9.17, 15) is 9.59 Å². The molecule has 1 fully saturated rings. The van der Waals surface area contributed by atoms with Crippen LogP contribution in [0.25, 0.3) is 0 Å². The molecule has 1 rings (SSSR count). The lowest BCUT2D eigenvalue weighted by Crippen LogP contribution is -2.74. The maximum atomic E-state index is 11.8. The molecule has 0 spiro atoms. The van der Waals surface area contributed by atoms with Crippen LogP contribution in [0.15, 0.2) is 25.3 Å². The summed E-state index contributed by atoms with van der Waals surface area (Å²) in [6, 6.07) is 0. The maximum absolute atomic E-state index is 11.8. The van der Waals surface area contributed by atoms with E-state index in [0.717, 1.165) is 25.0 Å². The Balaban J connectivity index is 3.21. The molecule has 0 unspecified atom stereocenters. The van der Waals surface area contributed by atoms with Crippen LogP contribution in [-0.4, -0.2) is 22.6 Å². The molecule has 0 aromatic carbocycles. The zero-order valence-electron chi connectivity index (χ0n) is 9.37. The summed E-state index contributed by atoms with van der Waals surface area (Å²) in [5.41, 5.74) is 9.44. The highest BCUT2D eigenvalue weighted by Crippen LogP contribution is 2.35. The predicted octanol–water partition coefficient (Wildman–Crippen LogP) is 0.466. The summed E-state index contributed by atoms with van der Waals surface area (Å²) in [4.78, 5) is 23.6. The van der Waals surface area contributed by atoms with Gasteiger partial charge in [0.15, 0.2) is 11.6 Å². The van der Waals surface area contributed by atoms with Gasteiger partial charge in [-0.25, -0.2) is 0 Å². The Hall–Kier alpha value is -1.26. The third-order valence-electron chi connectivity index (χ3n) is 3.44. The summed E-state index contributed by atoms with van der Waals surface area (Å²) < 4.78 is 0. The monoisotopic (exact) mass is 222 g/mol. The summed E-state index contributed by atoms with van der Waals surface area (Å²) >= 11 is 0. The van der Waals surface area contributed by atoms with Gasteiger partial charge in [-0.2, -0.15) is 0 Å². The first-order chi connectivity index (χ1) is 7.42. The van der Waals surface area contributed by atoms with Crippen LogP contribution in [0, 0.1) is 0 Å². The fourth-order valence-electron chi connectivity index (χ4n) is 2.30. The Kier molecular flexibility index (Phi) is 3.45. The zero-order chi connectivity index (χ0) is 12.4. The van der Waals surface area contributed by atoms with Crippen molar-refractivity contribution < 1.29 is 9.59 Å². The smallest absolute Gasteiger partial charge is 0.177 e. The van der Waals surface area contributed by atoms with E-state index in [-0.39, 0.29) is 11.6 Å². The molecule has 1 aliphatic carbocycles. The Morgan fingerprint density at radius 3 is 1.50 bits per heavy atom. The molecule has 88 valence electrons. The van der Waals surface area contributed by atoms with E-state index in [4.69, 9.17) is 11.5 Å². The number of nitrogens with two attached hydrogens (primary N) is 2. The summed E-state index contributed by atoms with van der Waals surface area (Å²) in [5.74, 6) is -0.741. The SMILES string of the molecule is C=CC(=O)[C@@]1(N)CCCC[C@]1(N)C(=O)C=C. The Morgan fingerprint density at radius 2 is 1.25 bits per heavy atom. The van der Waals surface area contributed by atoms with Gasteiger partial charge in [0.25, 0.3) is 0 Å². The lowest BCUT2D eigenvalue weighted by atomic mass is 9.63. The van der Waals surface area contributed by atoms with E-state index in [0.29, 0.717) is 12.8 Å². The van der Waals surface area contributed by atoms with Crippen LogP contribution in [0.3, 0.4) is 0 Å². The van der Waals surface area contributed by atoms with Crippen LogP contribution in [0.5, 0.6) is 0 Å². The minimum atomic E-state index is -1.34. The van der Waals surface area contributed by atoms with Gasteiger partial charge < -0.3 is 11.5 Å². The van der Waals surface area contributed by atoms with Gasteiger partial charge in [-0.3, -0.25) is 9.59 Å². The zero-order valence-corrected chi connectivity index (χ0v) is 9.37. The minimum absolute atomic E-state index is 0.370. The molecule has 0 aromatic heterocycles. The lowest BCUT2D eigenvalue weighted by Gasteiger charge is -2.45. The van der Waals surface area contributed by atoms with Crippen molar-refractivity contribution in [2.45, 2.75) is 36.8 Å². The number of carbonyl (C=O) groups is 2. The van der Waals surface area contributed by atoms with Gasteiger partial charge in [0.1, 0.15) is 11.1 Å². The van der Waals surface area contributed by atoms with Gasteiger partial charge in [-0.1, -0.05) is 26.0 Å². The molecule has 4 heteroatoms. The van der Waals surface area contributed by atoms with Crippen LogP contribution in [-0.2, 0) is 9.59 Å². The molecule has 1 saturated carbocycles. The molecule has 1 aliphatic rings. The molecule has 0 aliphatic heterocycles. The van der Waals surface area contributed by atoms with Crippen LogP contribution in [0.2, 0.25) is 0 Å². The molecule has 0 bridgehead atoms. The topological polar surface area (TPSA) is 86.2 Å². The van der Waals surface area contributed by atoms with E-state index < -0.39 is 11.1 Å². The number of ketones is 2. The number of carbonyl (C=O) groups excluding carboxylic acids is 2. The van der Waals surface area contributed by atoms with Crippen LogP contribution in [0.1, 0.15) is 25.7 Å². The summed E-state index contributed by atoms with van der Waals surface area (Å²) in [6.45, 7) is 6.82. The second-order valence-corrected chi connectivity index (χ2v) is 4.29. The Bertz CT molecular complexity index is 317. The second kappa shape index (κ2) is 4.31. The molecule has 2 atom stereocenters. The normalized spacial score (nSPS) is 34.1. The lowest BCUT2D eigenvalue weighted by molar-refractivity contribution is -0.132. The predicted molar refractivity (Wildman–Crippen MR) is 62.7 cm³/mol. The van der Waals surface area contributed by atoms with E-state index in [1.54, 1.807) is 0 Å². The molecular weight excluding hydrogens is 204 g/mol. The first-order valence-corrected chi connectivity index (χ1v) is 5.34. The van der Waals surface area contributed by atoms with Crippen LogP contribution in [0.4, 0.5) is 0 Å². The molecule has 0 amide bonds. The van der Waals surface area contributed by atoms with Crippen molar-refractivity contribution >= 4 is 11.6 Å². The van der Waals surface area contributed by atoms with Crippen LogP contribution < -0.4 is 11.5 Å². The highest BCUT2D eigenvalue weighted by molar-refractivity contribution is 6.08.